The second-order valence-electron chi connectivity index (χ2n) is 4.47. The van der Waals surface area contributed by atoms with Gasteiger partial charge >= 0.3 is 6.08 Å². The van der Waals surface area contributed by atoms with Crippen LogP contribution in [0.1, 0.15) is 18.2 Å². The summed E-state index contributed by atoms with van der Waals surface area (Å²) in [7, 11) is 0. The number of aliphatic hydroxyl groups is 2. The van der Waals surface area contributed by atoms with Crippen LogP contribution in [-0.2, 0) is 4.74 Å². The van der Waals surface area contributed by atoms with Gasteiger partial charge in [0, 0.05) is 6.42 Å². The van der Waals surface area contributed by atoms with Crippen LogP contribution >= 0.6 is 0 Å². The maximum atomic E-state index is 13.2. The van der Waals surface area contributed by atoms with Gasteiger partial charge in [0.05, 0.1) is 18.4 Å². The third-order valence-corrected chi connectivity index (χ3v) is 3.28. The third-order valence-electron chi connectivity index (χ3n) is 3.28. The standard InChI is InChI=1S/C11H13FN4O3/c12-11-14-10(13)6-2-1-5(16(6)15-11)8-3-7(18)9(4-17)19-8/h1-2,7-9,17-18H,3-4H2,(H2,13,14,15)/t7-,8?,9+/m0/s1. The molecule has 8 heteroatoms. The maximum absolute atomic E-state index is 13.2. The highest BCUT2D eigenvalue weighted by molar-refractivity contribution is 5.65. The van der Waals surface area contributed by atoms with Crippen molar-refractivity contribution in [2.75, 3.05) is 12.3 Å². The van der Waals surface area contributed by atoms with Gasteiger partial charge in [-0.15, -0.1) is 5.10 Å². The van der Waals surface area contributed by atoms with Crippen LogP contribution in [0.2, 0.25) is 0 Å². The zero-order valence-electron chi connectivity index (χ0n) is 9.90. The molecule has 1 fully saturated rings. The smallest absolute Gasteiger partial charge is 0.327 e. The quantitative estimate of drug-likeness (QED) is 0.686. The van der Waals surface area contributed by atoms with E-state index in [-0.39, 0.29) is 12.4 Å². The normalized spacial score (nSPS) is 27.2. The molecule has 102 valence electrons. The number of anilines is 1. The van der Waals surface area contributed by atoms with E-state index in [1.807, 2.05) is 0 Å². The van der Waals surface area contributed by atoms with Crippen LogP contribution in [-0.4, -0.2) is 43.6 Å². The Bertz CT molecular complexity index is 617. The molecule has 1 unspecified atom stereocenters. The Morgan fingerprint density at radius 2 is 2.32 bits per heavy atom. The number of halogens is 1. The molecule has 3 heterocycles. The van der Waals surface area contributed by atoms with E-state index in [0.717, 1.165) is 0 Å². The summed E-state index contributed by atoms with van der Waals surface area (Å²) >= 11 is 0. The Balaban J connectivity index is 2.02. The largest absolute Gasteiger partial charge is 0.394 e. The molecule has 0 aromatic carbocycles. The predicted molar refractivity (Wildman–Crippen MR) is 62.7 cm³/mol. The molecule has 0 saturated carbocycles. The minimum absolute atomic E-state index is 0.0380. The van der Waals surface area contributed by atoms with Crippen molar-refractivity contribution in [1.29, 1.82) is 0 Å². The van der Waals surface area contributed by atoms with Crippen LogP contribution < -0.4 is 5.73 Å². The van der Waals surface area contributed by atoms with Gasteiger partial charge in [-0.1, -0.05) is 0 Å². The molecule has 0 bridgehead atoms. The highest BCUT2D eigenvalue weighted by Crippen LogP contribution is 2.33. The van der Waals surface area contributed by atoms with Gasteiger partial charge < -0.3 is 20.7 Å². The second kappa shape index (κ2) is 4.41. The average molecular weight is 268 g/mol. The minimum atomic E-state index is -0.931. The number of hydrogen-bond acceptors (Lipinski definition) is 6. The van der Waals surface area contributed by atoms with E-state index >= 15 is 0 Å². The molecular formula is C11H13FN4O3. The van der Waals surface area contributed by atoms with Crippen LogP contribution in [0.25, 0.3) is 5.52 Å². The van der Waals surface area contributed by atoms with Crippen molar-refractivity contribution >= 4 is 11.3 Å². The molecule has 7 nitrogen and oxygen atoms in total. The summed E-state index contributed by atoms with van der Waals surface area (Å²) in [6, 6.07) is 3.35. The molecule has 3 atom stereocenters. The Morgan fingerprint density at radius 1 is 1.53 bits per heavy atom. The van der Waals surface area contributed by atoms with E-state index in [1.54, 1.807) is 12.1 Å². The SMILES string of the molecule is Nc1nc(F)nn2c(C3C[C@H](O)[C@@H](CO)O3)ccc12. The van der Waals surface area contributed by atoms with Crippen LogP contribution in [0.15, 0.2) is 12.1 Å². The van der Waals surface area contributed by atoms with Gasteiger partial charge in [-0.2, -0.15) is 9.37 Å². The molecule has 3 rings (SSSR count). The van der Waals surface area contributed by atoms with E-state index < -0.39 is 24.4 Å². The summed E-state index contributed by atoms with van der Waals surface area (Å²) < 4.78 is 20.0. The van der Waals surface area contributed by atoms with E-state index in [1.165, 1.54) is 4.52 Å². The Kier molecular flexibility index (Phi) is 2.85. The number of ether oxygens (including phenoxy) is 1. The number of fused-ring (bicyclic) bond motifs is 1. The lowest BCUT2D eigenvalue weighted by molar-refractivity contribution is -0.0240. The first-order chi connectivity index (χ1) is 9.10. The fraction of sp³-hybridized carbons (Fsp3) is 0.455. The van der Waals surface area contributed by atoms with Gasteiger partial charge in [-0.05, 0) is 12.1 Å². The summed E-state index contributed by atoms with van der Waals surface area (Å²) in [5.74, 6) is 0.0380. The average Bonchev–Trinajstić information content (AvgIpc) is 2.92. The van der Waals surface area contributed by atoms with Gasteiger partial charge in [-0.3, -0.25) is 0 Å². The third kappa shape index (κ3) is 1.93. The highest BCUT2D eigenvalue weighted by Gasteiger charge is 2.35. The van der Waals surface area contributed by atoms with E-state index in [9.17, 15) is 9.50 Å². The van der Waals surface area contributed by atoms with E-state index in [0.29, 0.717) is 17.6 Å². The number of nitrogens with zero attached hydrogens (tertiary/aromatic N) is 3. The molecule has 1 saturated heterocycles. The van der Waals surface area contributed by atoms with E-state index in [4.69, 9.17) is 15.6 Å². The summed E-state index contributed by atoms with van der Waals surface area (Å²) in [4.78, 5) is 3.44. The highest BCUT2D eigenvalue weighted by atomic mass is 19.1. The molecule has 1 aliphatic rings. The second-order valence-corrected chi connectivity index (χ2v) is 4.47. The fourth-order valence-electron chi connectivity index (χ4n) is 2.34. The maximum Gasteiger partial charge on any atom is 0.327 e. The molecule has 0 aliphatic carbocycles. The van der Waals surface area contributed by atoms with Crippen molar-refractivity contribution in [3.8, 4) is 0 Å². The number of hydrogen-bond donors (Lipinski definition) is 3. The lowest BCUT2D eigenvalue weighted by Crippen LogP contribution is -2.24. The van der Waals surface area contributed by atoms with Crippen LogP contribution in [0.5, 0.6) is 0 Å². The Labute approximate surface area is 107 Å². The molecule has 0 spiro atoms. The summed E-state index contributed by atoms with van der Waals surface area (Å²) in [6.45, 7) is -0.271. The van der Waals surface area contributed by atoms with Crippen molar-refractivity contribution in [2.45, 2.75) is 24.7 Å². The lowest BCUT2D eigenvalue weighted by Gasteiger charge is -2.12. The van der Waals surface area contributed by atoms with Crippen molar-refractivity contribution in [3.05, 3.63) is 23.9 Å². The van der Waals surface area contributed by atoms with Crippen molar-refractivity contribution in [1.82, 2.24) is 14.6 Å². The summed E-state index contributed by atoms with van der Waals surface area (Å²) in [6.07, 6.45) is -2.49. The molecule has 0 radical (unpaired) electrons. The van der Waals surface area contributed by atoms with Crippen molar-refractivity contribution < 1.29 is 19.3 Å². The number of aromatic nitrogens is 3. The van der Waals surface area contributed by atoms with Crippen molar-refractivity contribution in [3.63, 3.8) is 0 Å². The van der Waals surface area contributed by atoms with Crippen molar-refractivity contribution in [2.24, 2.45) is 0 Å². The molecule has 4 N–H and O–H groups in total. The molecular weight excluding hydrogens is 255 g/mol. The first-order valence-corrected chi connectivity index (χ1v) is 5.85. The molecule has 0 amide bonds. The number of nitrogen functional groups attached to an aromatic ring is 1. The monoisotopic (exact) mass is 268 g/mol. The first-order valence-electron chi connectivity index (χ1n) is 5.85. The van der Waals surface area contributed by atoms with Gasteiger partial charge in [0.2, 0.25) is 0 Å². The molecule has 2 aromatic heterocycles. The Hall–Kier alpha value is -1.77. The van der Waals surface area contributed by atoms with Gasteiger partial charge in [0.25, 0.3) is 0 Å². The van der Waals surface area contributed by atoms with Gasteiger partial charge in [-0.25, -0.2) is 4.52 Å². The van der Waals surface area contributed by atoms with E-state index in [2.05, 4.69) is 10.1 Å². The lowest BCUT2D eigenvalue weighted by atomic mass is 10.1. The first kappa shape index (κ1) is 12.3. The topological polar surface area (TPSA) is 106 Å². The zero-order chi connectivity index (χ0) is 13.6. The number of nitrogens with two attached hydrogens (primary N) is 1. The van der Waals surface area contributed by atoms with Crippen LogP contribution in [0.3, 0.4) is 0 Å². The Morgan fingerprint density at radius 3 is 3.00 bits per heavy atom. The summed E-state index contributed by atoms with van der Waals surface area (Å²) in [5, 5.41) is 22.4. The summed E-state index contributed by atoms with van der Waals surface area (Å²) in [5.41, 5.74) is 6.65. The van der Waals surface area contributed by atoms with Gasteiger partial charge in [0.15, 0.2) is 5.82 Å². The minimum Gasteiger partial charge on any atom is -0.394 e. The molecule has 2 aromatic rings. The fourth-order valence-corrected chi connectivity index (χ4v) is 2.34. The number of rotatable bonds is 2. The van der Waals surface area contributed by atoms with Gasteiger partial charge in [0.1, 0.15) is 17.7 Å². The predicted octanol–water partition coefficient (Wildman–Crippen LogP) is -0.366. The van der Waals surface area contributed by atoms with Crippen LogP contribution in [0.4, 0.5) is 10.2 Å². The zero-order valence-corrected chi connectivity index (χ0v) is 9.90. The molecule has 19 heavy (non-hydrogen) atoms. The number of aliphatic hydroxyl groups excluding tert-OH is 2. The molecule has 1 aliphatic heterocycles. The van der Waals surface area contributed by atoms with Crippen LogP contribution in [0, 0.1) is 6.08 Å².